The standard InChI is InChI=1S/C8H13N3O/c1-2-8(12)11-5-7(3-4-9)10-6-11/h5-6H,2-4,9H2,1H3. The predicted molar refractivity (Wildman–Crippen MR) is 45.9 cm³/mol. The lowest BCUT2D eigenvalue weighted by Crippen LogP contribution is -2.06. The Hall–Kier alpha value is -1.16. The Bertz CT molecular complexity index is 267. The molecule has 0 atom stereocenters. The van der Waals surface area contributed by atoms with Crippen molar-refractivity contribution in [3.8, 4) is 0 Å². The molecule has 0 aliphatic carbocycles. The van der Waals surface area contributed by atoms with Gasteiger partial charge in [0.25, 0.3) is 0 Å². The van der Waals surface area contributed by atoms with E-state index < -0.39 is 0 Å². The Balaban J connectivity index is 2.70. The zero-order valence-corrected chi connectivity index (χ0v) is 7.16. The molecule has 0 fully saturated rings. The second kappa shape index (κ2) is 4.01. The second-order valence-electron chi connectivity index (χ2n) is 2.56. The first kappa shape index (κ1) is 8.93. The summed E-state index contributed by atoms with van der Waals surface area (Å²) in [5.41, 5.74) is 6.22. The fraction of sp³-hybridized carbons (Fsp3) is 0.500. The lowest BCUT2D eigenvalue weighted by Gasteiger charge is -1.94. The number of hydrogen-bond donors (Lipinski definition) is 1. The van der Waals surface area contributed by atoms with Crippen molar-refractivity contribution in [2.24, 2.45) is 5.73 Å². The van der Waals surface area contributed by atoms with Gasteiger partial charge in [-0.15, -0.1) is 0 Å². The molecule has 0 bridgehead atoms. The zero-order chi connectivity index (χ0) is 8.97. The summed E-state index contributed by atoms with van der Waals surface area (Å²) in [5.74, 6) is 0.0609. The number of nitrogens with two attached hydrogens (primary N) is 1. The highest BCUT2D eigenvalue weighted by Gasteiger charge is 2.02. The molecule has 1 heterocycles. The minimum Gasteiger partial charge on any atom is -0.330 e. The summed E-state index contributed by atoms with van der Waals surface area (Å²) in [6, 6.07) is 0. The largest absolute Gasteiger partial charge is 0.330 e. The summed E-state index contributed by atoms with van der Waals surface area (Å²) in [5, 5.41) is 0. The number of nitrogens with zero attached hydrogens (tertiary/aromatic N) is 2. The number of carbonyl (C=O) groups excluding carboxylic acids is 1. The fourth-order valence-electron chi connectivity index (χ4n) is 0.960. The molecule has 0 saturated heterocycles. The molecule has 0 spiro atoms. The zero-order valence-electron chi connectivity index (χ0n) is 7.16. The summed E-state index contributed by atoms with van der Waals surface area (Å²) in [6.45, 7) is 2.39. The van der Waals surface area contributed by atoms with E-state index >= 15 is 0 Å². The van der Waals surface area contributed by atoms with Crippen molar-refractivity contribution in [1.29, 1.82) is 0 Å². The minimum absolute atomic E-state index is 0.0609. The highest BCUT2D eigenvalue weighted by Crippen LogP contribution is 1.97. The van der Waals surface area contributed by atoms with E-state index in [1.54, 1.807) is 6.20 Å². The van der Waals surface area contributed by atoms with Crippen molar-refractivity contribution in [2.45, 2.75) is 19.8 Å². The van der Waals surface area contributed by atoms with Gasteiger partial charge in [-0.2, -0.15) is 0 Å². The van der Waals surface area contributed by atoms with Crippen LogP contribution in [0.25, 0.3) is 0 Å². The number of rotatable bonds is 3. The third kappa shape index (κ3) is 1.92. The van der Waals surface area contributed by atoms with Crippen LogP contribution >= 0.6 is 0 Å². The van der Waals surface area contributed by atoms with Gasteiger partial charge >= 0.3 is 0 Å². The van der Waals surface area contributed by atoms with Crippen LogP contribution in [0.15, 0.2) is 12.5 Å². The van der Waals surface area contributed by atoms with Crippen LogP contribution in [0.5, 0.6) is 0 Å². The maximum absolute atomic E-state index is 11.1. The van der Waals surface area contributed by atoms with E-state index in [2.05, 4.69) is 4.98 Å². The molecule has 0 radical (unpaired) electrons. The first-order chi connectivity index (χ1) is 5.77. The van der Waals surface area contributed by atoms with Crippen LogP contribution in [0.3, 0.4) is 0 Å². The van der Waals surface area contributed by atoms with Gasteiger partial charge < -0.3 is 5.73 Å². The molecule has 1 aromatic heterocycles. The van der Waals surface area contributed by atoms with Gasteiger partial charge in [0.2, 0.25) is 5.91 Å². The highest BCUT2D eigenvalue weighted by molar-refractivity contribution is 5.78. The molecule has 1 rings (SSSR count). The molecule has 12 heavy (non-hydrogen) atoms. The SMILES string of the molecule is CCC(=O)n1cnc(CCN)c1. The Morgan fingerprint density at radius 3 is 3.08 bits per heavy atom. The monoisotopic (exact) mass is 167 g/mol. The van der Waals surface area contributed by atoms with Crippen LogP contribution in [0.1, 0.15) is 23.8 Å². The van der Waals surface area contributed by atoms with Crippen molar-refractivity contribution in [3.05, 3.63) is 18.2 Å². The molecule has 2 N–H and O–H groups in total. The molecule has 0 saturated carbocycles. The Morgan fingerprint density at radius 1 is 1.75 bits per heavy atom. The molecule has 66 valence electrons. The summed E-state index contributed by atoms with van der Waals surface area (Å²) >= 11 is 0. The second-order valence-corrected chi connectivity index (χ2v) is 2.56. The maximum atomic E-state index is 11.1. The van der Waals surface area contributed by atoms with Crippen molar-refractivity contribution < 1.29 is 4.79 Å². The smallest absolute Gasteiger partial charge is 0.231 e. The van der Waals surface area contributed by atoms with E-state index in [0.717, 1.165) is 12.1 Å². The van der Waals surface area contributed by atoms with Crippen LogP contribution in [0.4, 0.5) is 0 Å². The van der Waals surface area contributed by atoms with Crippen LogP contribution < -0.4 is 5.73 Å². The van der Waals surface area contributed by atoms with E-state index in [4.69, 9.17) is 5.73 Å². The first-order valence-corrected chi connectivity index (χ1v) is 4.04. The lowest BCUT2D eigenvalue weighted by atomic mass is 10.3. The molecule has 4 heteroatoms. The van der Waals surface area contributed by atoms with E-state index in [1.807, 2.05) is 6.92 Å². The number of aromatic nitrogens is 2. The third-order valence-electron chi connectivity index (χ3n) is 1.63. The van der Waals surface area contributed by atoms with Crippen LogP contribution in [-0.2, 0) is 6.42 Å². The van der Waals surface area contributed by atoms with E-state index in [9.17, 15) is 4.79 Å². The van der Waals surface area contributed by atoms with Gasteiger partial charge in [0.1, 0.15) is 6.33 Å². The van der Waals surface area contributed by atoms with Crippen molar-refractivity contribution in [3.63, 3.8) is 0 Å². The first-order valence-electron chi connectivity index (χ1n) is 4.04. The summed E-state index contributed by atoms with van der Waals surface area (Å²) < 4.78 is 1.50. The van der Waals surface area contributed by atoms with Gasteiger partial charge in [-0.05, 0) is 6.54 Å². The number of carbonyl (C=O) groups is 1. The Morgan fingerprint density at radius 2 is 2.50 bits per heavy atom. The Kier molecular flexibility index (Phi) is 2.99. The van der Waals surface area contributed by atoms with Crippen LogP contribution in [0.2, 0.25) is 0 Å². The van der Waals surface area contributed by atoms with Gasteiger partial charge in [-0.1, -0.05) is 6.92 Å². The summed E-state index contributed by atoms with van der Waals surface area (Å²) in [6.07, 6.45) is 4.50. The van der Waals surface area contributed by atoms with Crippen LogP contribution in [-0.4, -0.2) is 22.0 Å². The fourth-order valence-corrected chi connectivity index (χ4v) is 0.960. The predicted octanol–water partition coefficient (Wildman–Crippen LogP) is 0.434. The third-order valence-corrected chi connectivity index (χ3v) is 1.63. The van der Waals surface area contributed by atoms with Gasteiger partial charge in [-0.25, -0.2) is 4.98 Å². The average Bonchev–Trinajstić information content (AvgIpc) is 2.52. The quantitative estimate of drug-likeness (QED) is 0.710. The number of imidazole rings is 1. The highest BCUT2D eigenvalue weighted by atomic mass is 16.2. The van der Waals surface area contributed by atoms with E-state index in [0.29, 0.717) is 13.0 Å². The Labute approximate surface area is 71.4 Å². The van der Waals surface area contributed by atoms with E-state index in [1.165, 1.54) is 10.9 Å². The van der Waals surface area contributed by atoms with E-state index in [-0.39, 0.29) is 5.91 Å². The summed E-state index contributed by atoms with van der Waals surface area (Å²) in [7, 11) is 0. The molecule has 0 aliphatic heterocycles. The number of hydrogen-bond acceptors (Lipinski definition) is 3. The molecule has 0 unspecified atom stereocenters. The van der Waals surface area contributed by atoms with Gasteiger partial charge in [0.05, 0.1) is 5.69 Å². The minimum atomic E-state index is 0.0609. The normalized spacial score (nSPS) is 10.2. The van der Waals surface area contributed by atoms with Gasteiger partial charge in [-0.3, -0.25) is 9.36 Å². The maximum Gasteiger partial charge on any atom is 0.231 e. The molecule has 4 nitrogen and oxygen atoms in total. The molecule has 0 aliphatic rings. The summed E-state index contributed by atoms with van der Waals surface area (Å²) in [4.78, 5) is 15.2. The van der Waals surface area contributed by atoms with Crippen molar-refractivity contribution in [2.75, 3.05) is 6.54 Å². The van der Waals surface area contributed by atoms with Gasteiger partial charge in [0, 0.05) is 19.0 Å². The topological polar surface area (TPSA) is 60.9 Å². The lowest BCUT2D eigenvalue weighted by molar-refractivity contribution is 0.0908. The van der Waals surface area contributed by atoms with Crippen molar-refractivity contribution >= 4 is 5.91 Å². The van der Waals surface area contributed by atoms with Gasteiger partial charge in [0.15, 0.2) is 0 Å². The molecule has 0 amide bonds. The molecular formula is C8H13N3O. The van der Waals surface area contributed by atoms with Crippen LogP contribution in [0, 0.1) is 0 Å². The molecule has 0 aromatic carbocycles. The van der Waals surface area contributed by atoms with Crippen molar-refractivity contribution in [1.82, 2.24) is 9.55 Å². The molecule has 1 aromatic rings. The average molecular weight is 167 g/mol. The molecular weight excluding hydrogens is 154 g/mol.